The van der Waals surface area contributed by atoms with Crippen molar-refractivity contribution in [3.8, 4) is 0 Å². The molecule has 90 valence electrons. The second-order valence-electron chi connectivity index (χ2n) is 4.90. The lowest BCUT2D eigenvalue weighted by atomic mass is 10.0. The second kappa shape index (κ2) is 5.41. The molecule has 0 radical (unpaired) electrons. The van der Waals surface area contributed by atoms with Crippen LogP contribution in [-0.4, -0.2) is 28.5 Å². The third-order valence-electron chi connectivity index (χ3n) is 3.04. The summed E-state index contributed by atoms with van der Waals surface area (Å²) in [5.74, 6) is 0. The van der Waals surface area contributed by atoms with Crippen LogP contribution in [0.5, 0.6) is 0 Å². The minimum Gasteiger partial charge on any atom is -0.329 e. The molecule has 3 heteroatoms. The molecule has 2 N–H and O–H groups in total. The summed E-state index contributed by atoms with van der Waals surface area (Å²) < 4.78 is 0. The van der Waals surface area contributed by atoms with Crippen molar-refractivity contribution in [2.75, 3.05) is 13.1 Å². The van der Waals surface area contributed by atoms with Gasteiger partial charge in [-0.2, -0.15) is 0 Å². The topological polar surface area (TPSA) is 42.2 Å². The van der Waals surface area contributed by atoms with Gasteiger partial charge >= 0.3 is 0 Å². The standard InChI is InChI=1S/C13H23N3/c1-5-16(13(3,4)10-14)9-12-6-11(2)7-15-8-12/h6-8H,5,9-10,14H2,1-4H3. The highest BCUT2D eigenvalue weighted by Crippen LogP contribution is 2.16. The van der Waals surface area contributed by atoms with Gasteiger partial charge in [0.25, 0.3) is 0 Å². The predicted octanol–water partition coefficient (Wildman–Crippen LogP) is 1.95. The maximum atomic E-state index is 5.81. The third-order valence-corrected chi connectivity index (χ3v) is 3.04. The zero-order valence-corrected chi connectivity index (χ0v) is 10.8. The number of rotatable bonds is 5. The Kier molecular flexibility index (Phi) is 4.44. The van der Waals surface area contributed by atoms with E-state index in [4.69, 9.17) is 5.73 Å². The fourth-order valence-corrected chi connectivity index (χ4v) is 1.81. The molecule has 0 spiro atoms. The summed E-state index contributed by atoms with van der Waals surface area (Å²) in [7, 11) is 0. The molecule has 0 amide bonds. The summed E-state index contributed by atoms with van der Waals surface area (Å²) in [5.41, 5.74) is 8.31. The first kappa shape index (κ1) is 13.1. The van der Waals surface area contributed by atoms with Gasteiger partial charge < -0.3 is 5.73 Å². The first-order valence-corrected chi connectivity index (χ1v) is 5.85. The van der Waals surface area contributed by atoms with Gasteiger partial charge in [0, 0.05) is 31.0 Å². The van der Waals surface area contributed by atoms with Crippen LogP contribution in [-0.2, 0) is 6.54 Å². The molecular weight excluding hydrogens is 198 g/mol. The summed E-state index contributed by atoms with van der Waals surface area (Å²) in [6.07, 6.45) is 3.82. The molecule has 0 aliphatic rings. The molecule has 1 aromatic heterocycles. The van der Waals surface area contributed by atoms with E-state index in [-0.39, 0.29) is 5.54 Å². The molecular formula is C13H23N3. The van der Waals surface area contributed by atoms with Crippen molar-refractivity contribution >= 4 is 0 Å². The Bertz CT molecular complexity index is 334. The van der Waals surface area contributed by atoms with Crippen LogP contribution in [0.4, 0.5) is 0 Å². The van der Waals surface area contributed by atoms with Crippen LogP contribution in [0.15, 0.2) is 18.5 Å². The van der Waals surface area contributed by atoms with Crippen LogP contribution < -0.4 is 5.73 Å². The van der Waals surface area contributed by atoms with E-state index in [9.17, 15) is 0 Å². The third kappa shape index (κ3) is 3.29. The average molecular weight is 221 g/mol. The fraction of sp³-hybridized carbons (Fsp3) is 0.615. The van der Waals surface area contributed by atoms with Crippen molar-refractivity contribution in [3.63, 3.8) is 0 Å². The zero-order valence-electron chi connectivity index (χ0n) is 10.8. The summed E-state index contributed by atoms with van der Waals surface area (Å²) in [4.78, 5) is 6.60. The molecule has 1 heterocycles. The van der Waals surface area contributed by atoms with E-state index in [1.165, 1.54) is 11.1 Å². The van der Waals surface area contributed by atoms with E-state index in [0.29, 0.717) is 6.54 Å². The van der Waals surface area contributed by atoms with Crippen LogP contribution in [0.2, 0.25) is 0 Å². The molecule has 3 nitrogen and oxygen atoms in total. The molecule has 0 saturated heterocycles. The summed E-state index contributed by atoms with van der Waals surface area (Å²) in [6.45, 7) is 11.2. The van der Waals surface area contributed by atoms with Crippen molar-refractivity contribution in [2.45, 2.75) is 39.8 Å². The number of aromatic nitrogens is 1. The monoisotopic (exact) mass is 221 g/mol. The van der Waals surface area contributed by atoms with E-state index in [2.05, 4.69) is 43.6 Å². The summed E-state index contributed by atoms with van der Waals surface area (Å²) in [5, 5.41) is 0. The fourth-order valence-electron chi connectivity index (χ4n) is 1.81. The number of hydrogen-bond donors (Lipinski definition) is 1. The highest BCUT2D eigenvalue weighted by molar-refractivity contribution is 5.16. The Morgan fingerprint density at radius 3 is 2.56 bits per heavy atom. The van der Waals surface area contributed by atoms with Crippen molar-refractivity contribution in [2.24, 2.45) is 5.73 Å². The number of nitrogens with two attached hydrogens (primary N) is 1. The Balaban J connectivity index is 2.78. The van der Waals surface area contributed by atoms with Gasteiger partial charge in [0.15, 0.2) is 0 Å². The maximum absolute atomic E-state index is 5.81. The molecule has 0 unspecified atom stereocenters. The predicted molar refractivity (Wildman–Crippen MR) is 68.2 cm³/mol. The highest BCUT2D eigenvalue weighted by Gasteiger charge is 2.23. The molecule has 1 rings (SSSR count). The minimum atomic E-state index is 0.0402. The van der Waals surface area contributed by atoms with Gasteiger partial charge in [-0.25, -0.2) is 0 Å². The van der Waals surface area contributed by atoms with E-state index >= 15 is 0 Å². The molecule has 0 fully saturated rings. The molecule has 16 heavy (non-hydrogen) atoms. The minimum absolute atomic E-state index is 0.0402. The Labute approximate surface area is 98.7 Å². The van der Waals surface area contributed by atoms with Crippen LogP contribution in [0, 0.1) is 6.92 Å². The molecule has 0 atom stereocenters. The molecule has 1 aromatic rings. The average Bonchev–Trinajstić information content (AvgIpc) is 2.25. The molecule has 0 aromatic carbocycles. The molecule has 0 aliphatic heterocycles. The van der Waals surface area contributed by atoms with Gasteiger partial charge in [-0.3, -0.25) is 9.88 Å². The highest BCUT2D eigenvalue weighted by atomic mass is 15.2. The van der Waals surface area contributed by atoms with Gasteiger partial charge in [0.1, 0.15) is 0 Å². The van der Waals surface area contributed by atoms with Crippen molar-refractivity contribution in [1.29, 1.82) is 0 Å². The lowest BCUT2D eigenvalue weighted by molar-refractivity contribution is 0.126. The van der Waals surface area contributed by atoms with Crippen molar-refractivity contribution in [3.05, 3.63) is 29.6 Å². The second-order valence-corrected chi connectivity index (χ2v) is 4.90. The van der Waals surface area contributed by atoms with Gasteiger partial charge in [-0.05, 0) is 38.4 Å². The van der Waals surface area contributed by atoms with Crippen LogP contribution in [0.3, 0.4) is 0 Å². The molecule has 0 bridgehead atoms. The summed E-state index contributed by atoms with van der Waals surface area (Å²) >= 11 is 0. The Morgan fingerprint density at radius 1 is 1.38 bits per heavy atom. The first-order valence-electron chi connectivity index (χ1n) is 5.85. The number of aryl methyl sites for hydroxylation is 1. The largest absolute Gasteiger partial charge is 0.329 e. The van der Waals surface area contributed by atoms with E-state index < -0.39 is 0 Å². The van der Waals surface area contributed by atoms with Crippen LogP contribution in [0.1, 0.15) is 31.9 Å². The van der Waals surface area contributed by atoms with Gasteiger partial charge in [0.2, 0.25) is 0 Å². The van der Waals surface area contributed by atoms with E-state index in [1.54, 1.807) is 0 Å². The Hall–Kier alpha value is -0.930. The summed E-state index contributed by atoms with van der Waals surface area (Å²) in [6, 6.07) is 2.18. The zero-order chi connectivity index (χ0) is 12.2. The number of hydrogen-bond acceptors (Lipinski definition) is 3. The Morgan fingerprint density at radius 2 is 2.06 bits per heavy atom. The van der Waals surface area contributed by atoms with Crippen molar-refractivity contribution in [1.82, 2.24) is 9.88 Å². The molecule has 0 saturated carbocycles. The molecule has 0 aliphatic carbocycles. The van der Waals surface area contributed by atoms with E-state index in [1.807, 2.05) is 12.4 Å². The lowest BCUT2D eigenvalue weighted by Gasteiger charge is -2.37. The number of likely N-dealkylation sites (N-methyl/N-ethyl adjacent to an activating group) is 1. The smallest absolute Gasteiger partial charge is 0.0313 e. The van der Waals surface area contributed by atoms with Gasteiger partial charge in [0.05, 0.1) is 0 Å². The van der Waals surface area contributed by atoms with Gasteiger partial charge in [-0.1, -0.05) is 13.0 Å². The quantitative estimate of drug-likeness (QED) is 0.826. The van der Waals surface area contributed by atoms with Crippen LogP contribution >= 0.6 is 0 Å². The normalized spacial score (nSPS) is 12.1. The van der Waals surface area contributed by atoms with E-state index in [0.717, 1.165) is 13.1 Å². The number of nitrogens with zero attached hydrogens (tertiary/aromatic N) is 2. The lowest BCUT2D eigenvalue weighted by Crippen LogP contribution is -2.48. The van der Waals surface area contributed by atoms with Crippen LogP contribution in [0.25, 0.3) is 0 Å². The van der Waals surface area contributed by atoms with Gasteiger partial charge in [-0.15, -0.1) is 0 Å². The maximum Gasteiger partial charge on any atom is 0.0313 e. The van der Waals surface area contributed by atoms with Crippen molar-refractivity contribution < 1.29 is 0 Å². The SMILES string of the molecule is CCN(Cc1cncc(C)c1)C(C)(C)CN. The first-order chi connectivity index (χ1) is 7.49. The number of pyridine rings is 1.